The number of methoxy groups -OCH3 is 1. The van der Waals surface area contributed by atoms with Gasteiger partial charge in [0.25, 0.3) is 5.91 Å². The molecule has 0 fully saturated rings. The Hall–Kier alpha value is -3.34. The van der Waals surface area contributed by atoms with Crippen molar-refractivity contribution in [3.8, 4) is 5.75 Å². The Morgan fingerprint density at radius 3 is 2.50 bits per heavy atom. The molecule has 28 heavy (non-hydrogen) atoms. The molecule has 3 rings (SSSR count). The second-order valence-corrected chi connectivity index (χ2v) is 6.75. The van der Waals surface area contributed by atoms with Gasteiger partial charge in [-0.1, -0.05) is 24.3 Å². The van der Waals surface area contributed by atoms with Crippen LogP contribution in [0.1, 0.15) is 27.2 Å². The van der Waals surface area contributed by atoms with Crippen molar-refractivity contribution < 1.29 is 9.53 Å². The highest BCUT2D eigenvalue weighted by Crippen LogP contribution is 2.19. The van der Waals surface area contributed by atoms with Crippen molar-refractivity contribution >= 4 is 17.3 Å². The van der Waals surface area contributed by atoms with Crippen LogP contribution < -0.4 is 15.4 Å². The van der Waals surface area contributed by atoms with E-state index >= 15 is 0 Å². The third-order valence-corrected chi connectivity index (χ3v) is 4.39. The maximum absolute atomic E-state index is 12.5. The molecule has 3 aromatic rings. The van der Waals surface area contributed by atoms with Gasteiger partial charge in [0.15, 0.2) is 0 Å². The van der Waals surface area contributed by atoms with Gasteiger partial charge in [-0.05, 0) is 67.3 Å². The Labute approximate surface area is 165 Å². The number of ether oxygens (including phenoxy) is 1. The molecule has 0 atom stereocenters. The van der Waals surface area contributed by atoms with Gasteiger partial charge in [-0.15, -0.1) is 0 Å². The van der Waals surface area contributed by atoms with Crippen molar-refractivity contribution in [3.05, 3.63) is 83.2 Å². The minimum absolute atomic E-state index is 0.224. The van der Waals surface area contributed by atoms with Gasteiger partial charge in [-0.2, -0.15) is 0 Å². The van der Waals surface area contributed by atoms with Gasteiger partial charge in [-0.25, -0.2) is 0 Å². The molecule has 1 amide bonds. The van der Waals surface area contributed by atoms with Crippen molar-refractivity contribution in [3.63, 3.8) is 0 Å². The number of anilines is 2. The minimum Gasteiger partial charge on any atom is -0.496 e. The summed E-state index contributed by atoms with van der Waals surface area (Å²) in [4.78, 5) is 16.8. The summed E-state index contributed by atoms with van der Waals surface area (Å²) in [5, 5.41) is 6.26. The van der Waals surface area contributed by atoms with Crippen molar-refractivity contribution in [1.82, 2.24) is 4.98 Å². The fourth-order valence-electron chi connectivity index (χ4n) is 3.16. The first-order valence-corrected chi connectivity index (χ1v) is 9.26. The van der Waals surface area contributed by atoms with Gasteiger partial charge in [0.05, 0.1) is 7.11 Å². The number of nitrogens with one attached hydrogen (secondary N) is 2. The lowest BCUT2D eigenvalue weighted by Crippen LogP contribution is -2.14. The number of carbonyl (C=O) groups is 1. The molecular formula is C23H25N3O2. The fraction of sp³-hybridized carbons (Fsp3) is 0.217. The summed E-state index contributed by atoms with van der Waals surface area (Å²) in [7, 11) is 1.68. The fourth-order valence-corrected chi connectivity index (χ4v) is 3.16. The zero-order valence-corrected chi connectivity index (χ0v) is 16.5. The van der Waals surface area contributed by atoms with Crippen LogP contribution in [0.4, 0.5) is 11.4 Å². The molecule has 0 aliphatic rings. The highest BCUT2D eigenvalue weighted by Gasteiger charge is 2.09. The van der Waals surface area contributed by atoms with E-state index < -0.39 is 0 Å². The van der Waals surface area contributed by atoms with Gasteiger partial charge in [0.2, 0.25) is 0 Å². The van der Waals surface area contributed by atoms with Crippen LogP contribution in [-0.2, 0) is 6.42 Å². The monoisotopic (exact) mass is 375 g/mol. The van der Waals surface area contributed by atoms with Gasteiger partial charge in [-0.3, -0.25) is 9.78 Å². The van der Waals surface area contributed by atoms with E-state index in [1.807, 2.05) is 50.2 Å². The first-order chi connectivity index (χ1) is 13.5. The molecular weight excluding hydrogens is 350 g/mol. The number of rotatable bonds is 7. The van der Waals surface area contributed by atoms with E-state index in [0.717, 1.165) is 46.8 Å². The first kappa shape index (κ1) is 19.4. The molecule has 0 unspecified atom stereocenters. The molecule has 5 heteroatoms. The van der Waals surface area contributed by atoms with Gasteiger partial charge < -0.3 is 15.4 Å². The number of para-hydroxylation sites is 1. The van der Waals surface area contributed by atoms with E-state index in [1.54, 1.807) is 19.4 Å². The number of aromatic nitrogens is 1. The van der Waals surface area contributed by atoms with E-state index in [4.69, 9.17) is 4.74 Å². The summed E-state index contributed by atoms with van der Waals surface area (Å²) in [6.45, 7) is 4.74. The van der Waals surface area contributed by atoms with Crippen LogP contribution >= 0.6 is 0 Å². The number of amides is 1. The van der Waals surface area contributed by atoms with Crippen LogP contribution in [0, 0.1) is 13.8 Å². The highest BCUT2D eigenvalue weighted by atomic mass is 16.5. The Kier molecular flexibility index (Phi) is 6.27. The third kappa shape index (κ3) is 5.10. The predicted molar refractivity (Wildman–Crippen MR) is 113 cm³/mol. The molecule has 0 saturated carbocycles. The lowest BCUT2D eigenvalue weighted by atomic mass is 10.1. The van der Waals surface area contributed by atoms with Gasteiger partial charge in [0.1, 0.15) is 11.4 Å². The van der Waals surface area contributed by atoms with Crippen molar-refractivity contribution in [1.29, 1.82) is 0 Å². The second-order valence-electron chi connectivity index (χ2n) is 6.75. The van der Waals surface area contributed by atoms with E-state index in [1.165, 1.54) is 0 Å². The SMILES string of the molecule is COc1ccccc1CCNc1ccnc(C(=O)Nc2cc(C)cc(C)c2)c1. The number of nitrogens with zero attached hydrogens (tertiary/aromatic N) is 1. The standard InChI is InChI=1S/C23H25N3O2/c1-16-12-17(2)14-20(13-16)26-23(27)21-15-19(9-11-25-21)24-10-8-18-6-4-5-7-22(18)28-3/h4-7,9,11-15H,8,10H2,1-3H3,(H,24,25)(H,26,27). The Morgan fingerprint density at radius 2 is 1.75 bits per heavy atom. The Balaban J connectivity index is 1.62. The zero-order valence-electron chi connectivity index (χ0n) is 16.5. The summed E-state index contributed by atoms with van der Waals surface area (Å²) in [6, 6.07) is 17.5. The first-order valence-electron chi connectivity index (χ1n) is 9.26. The summed E-state index contributed by atoms with van der Waals surface area (Å²) < 4.78 is 5.38. The maximum atomic E-state index is 12.5. The third-order valence-electron chi connectivity index (χ3n) is 4.39. The van der Waals surface area contributed by atoms with Gasteiger partial charge >= 0.3 is 0 Å². The molecule has 5 nitrogen and oxygen atoms in total. The molecule has 1 aromatic heterocycles. The lowest BCUT2D eigenvalue weighted by molar-refractivity contribution is 0.102. The molecule has 1 heterocycles. The van der Waals surface area contributed by atoms with E-state index in [2.05, 4.69) is 27.8 Å². The largest absolute Gasteiger partial charge is 0.496 e. The van der Waals surface area contributed by atoms with Gasteiger partial charge in [0, 0.05) is 24.1 Å². The highest BCUT2D eigenvalue weighted by molar-refractivity contribution is 6.03. The smallest absolute Gasteiger partial charge is 0.274 e. The van der Waals surface area contributed by atoms with E-state index in [-0.39, 0.29) is 5.91 Å². The number of aryl methyl sites for hydroxylation is 2. The average molecular weight is 375 g/mol. The average Bonchev–Trinajstić information content (AvgIpc) is 2.68. The molecule has 144 valence electrons. The van der Waals surface area contributed by atoms with Crippen LogP contribution in [0.5, 0.6) is 5.75 Å². The number of hydrogen-bond acceptors (Lipinski definition) is 4. The van der Waals surface area contributed by atoms with Crippen LogP contribution in [0.2, 0.25) is 0 Å². The van der Waals surface area contributed by atoms with Crippen LogP contribution in [-0.4, -0.2) is 24.5 Å². The second kappa shape index (κ2) is 9.04. The Bertz CT molecular complexity index is 949. The van der Waals surface area contributed by atoms with Crippen LogP contribution in [0.25, 0.3) is 0 Å². The molecule has 0 saturated heterocycles. The Morgan fingerprint density at radius 1 is 1.00 bits per heavy atom. The van der Waals surface area contributed by atoms with Crippen LogP contribution in [0.15, 0.2) is 60.8 Å². The van der Waals surface area contributed by atoms with Crippen molar-refractivity contribution in [2.75, 3.05) is 24.3 Å². The maximum Gasteiger partial charge on any atom is 0.274 e. The lowest BCUT2D eigenvalue weighted by Gasteiger charge is -2.11. The van der Waals surface area contributed by atoms with E-state index in [0.29, 0.717) is 5.69 Å². The molecule has 0 spiro atoms. The normalized spacial score (nSPS) is 10.4. The van der Waals surface area contributed by atoms with Crippen molar-refractivity contribution in [2.45, 2.75) is 20.3 Å². The molecule has 2 N–H and O–H groups in total. The molecule has 0 bridgehead atoms. The summed E-state index contributed by atoms with van der Waals surface area (Å²) in [5.41, 5.74) is 5.36. The summed E-state index contributed by atoms with van der Waals surface area (Å²) >= 11 is 0. The summed E-state index contributed by atoms with van der Waals surface area (Å²) in [6.07, 6.45) is 2.46. The predicted octanol–water partition coefficient (Wildman–Crippen LogP) is 4.61. The summed E-state index contributed by atoms with van der Waals surface area (Å²) in [5.74, 6) is 0.658. The molecule has 2 aromatic carbocycles. The molecule has 0 radical (unpaired) electrons. The van der Waals surface area contributed by atoms with E-state index in [9.17, 15) is 4.79 Å². The number of pyridine rings is 1. The van der Waals surface area contributed by atoms with Crippen LogP contribution in [0.3, 0.4) is 0 Å². The topological polar surface area (TPSA) is 63.2 Å². The number of benzene rings is 2. The molecule has 0 aliphatic carbocycles. The minimum atomic E-state index is -0.224. The number of carbonyl (C=O) groups excluding carboxylic acids is 1. The molecule has 0 aliphatic heterocycles. The quantitative estimate of drug-likeness (QED) is 0.633. The van der Waals surface area contributed by atoms with Crippen molar-refractivity contribution in [2.24, 2.45) is 0 Å². The zero-order chi connectivity index (χ0) is 19.9. The number of hydrogen-bond donors (Lipinski definition) is 2.